The average Bonchev–Trinajstić information content (AvgIpc) is 3.92. The van der Waals surface area contributed by atoms with E-state index in [0.29, 0.717) is 0 Å². The van der Waals surface area contributed by atoms with Crippen LogP contribution >= 0.6 is 0 Å². The molecule has 2 heteroatoms. The number of benzene rings is 10. The smallest absolute Gasteiger partial charge is 0.0714 e. The van der Waals surface area contributed by atoms with E-state index in [9.17, 15) is 0 Å². The van der Waals surface area contributed by atoms with Crippen molar-refractivity contribution in [2.24, 2.45) is 0 Å². The third-order valence-corrected chi connectivity index (χ3v) is 14.5. The highest BCUT2D eigenvalue weighted by atomic mass is 15.1. The number of nitrogens with zero attached hydrogens (tertiary/aromatic N) is 2. The summed E-state index contributed by atoms with van der Waals surface area (Å²) in [5.74, 6) is 0. The Kier molecular flexibility index (Phi) is 9.91. The number of hydrogen-bond acceptors (Lipinski definition) is 1. The van der Waals surface area contributed by atoms with Crippen LogP contribution in [-0.2, 0) is 5.41 Å². The molecule has 2 nitrogen and oxygen atoms in total. The Morgan fingerprint density at radius 1 is 0.348 bits per heavy atom. The first-order chi connectivity index (χ1) is 34.2. The molecular formula is C67H48N2. The summed E-state index contributed by atoms with van der Waals surface area (Å²) >= 11 is 0. The van der Waals surface area contributed by atoms with Gasteiger partial charge in [0.1, 0.15) is 0 Å². The molecule has 2 aliphatic carbocycles. The van der Waals surface area contributed by atoms with Crippen LogP contribution in [0.4, 0.5) is 17.1 Å². The van der Waals surface area contributed by atoms with Crippen molar-refractivity contribution in [3.8, 4) is 44.5 Å². The molecule has 0 fully saturated rings. The second kappa shape index (κ2) is 16.9. The Morgan fingerprint density at radius 3 is 1.64 bits per heavy atom. The summed E-state index contributed by atoms with van der Waals surface area (Å²) < 4.78 is 2.43. The lowest BCUT2D eigenvalue weighted by molar-refractivity contribution is 0.768. The predicted octanol–water partition coefficient (Wildman–Crippen LogP) is 17.8. The lowest BCUT2D eigenvalue weighted by Gasteiger charge is -2.35. The van der Waals surface area contributed by atoms with Gasteiger partial charge in [-0.05, 0) is 146 Å². The fourth-order valence-corrected chi connectivity index (χ4v) is 11.4. The van der Waals surface area contributed by atoms with E-state index in [2.05, 4.69) is 276 Å². The molecule has 0 unspecified atom stereocenters. The Hall–Kier alpha value is -8.72. The standard InChI is InChI=1S/C67H48N2/c1-5-19-47(20-6-1)48-35-38-56(39-36-48)68(58-40-41-60-59-31-13-15-33-63(59)67(64(60)46-58,53-24-7-2-8-25-53)54-26-9-3-10-27-54)57-30-18-23-51(44-57)49-21-17-22-50(43-49)52-37-42-66-62(45-52)61-32-14-16-34-65(61)69(66)55-28-11-4-12-29-55/h1-3,5-11,13-46H,4,12H2. The van der Waals surface area contributed by atoms with Gasteiger partial charge in [0.15, 0.2) is 0 Å². The van der Waals surface area contributed by atoms with E-state index >= 15 is 0 Å². The summed E-state index contributed by atoms with van der Waals surface area (Å²) in [5.41, 5.74) is 21.2. The van der Waals surface area contributed by atoms with E-state index in [1.165, 1.54) is 88.7 Å². The monoisotopic (exact) mass is 880 g/mol. The van der Waals surface area contributed by atoms with Crippen LogP contribution in [0.15, 0.2) is 267 Å². The Balaban J connectivity index is 0.950. The van der Waals surface area contributed by atoms with Crippen molar-refractivity contribution >= 4 is 44.6 Å². The molecule has 0 bridgehead atoms. The average molecular weight is 881 g/mol. The van der Waals surface area contributed by atoms with Crippen molar-refractivity contribution in [2.75, 3.05) is 4.90 Å². The summed E-state index contributed by atoms with van der Waals surface area (Å²) in [6.07, 6.45) is 9.09. The zero-order chi connectivity index (χ0) is 45.7. The molecular weight excluding hydrogens is 833 g/mol. The maximum absolute atomic E-state index is 2.46. The first-order valence-corrected chi connectivity index (χ1v) is 24.1. The van der Waals surface area contributed by atoms with E-state index in [1.54, 1.807) is 0 Å². The summed E-state index contributed by atoms with van der Waals surface area (Å²) in [7, 11) is 0. The van der Waals surface area contributed by atoms with Crippen molar-refractivity contribution in [3.63, 3.8) is 0 Å². The number of hydrogen-bond donors (Lipinski definition) is 0. The molecule has 0 amide bonds. The zero-order valence-corrected chi connectivity index (χ0v) is 38.2. The van der Waals surface area contributed by atoms with E-state index < -0.39 is 5.41 Å². The van der Waals surface area contributed by atoms with Gasteiger partial charge < -0.3 is 9.47 Å². The molecule has 0 saturated heterocycles. The highest BCUT2D eigenvalue weighted by Crippen LogP contribution is 2.57. The second-order valence-electron chi connectivity index (χ2n) is 18.3. The van der Waals surface area contributed by atoms with Gasteiger partial charge >= 0.3 is 0 Å². The van der Waals surface area contributed by atoms with Crippen LogP contribution in [0, 0.1) is 0 Å². The van der Waals surface area contributed by atoms with E-state index in [4.69, 9.17) is 0 Å². The Labute approximate surface area is 404 Å². The van der Waals surface area contributed by atoms with Gasteiger partial charge in [-0.2, -0.15) is 0 Å². The normalized spacial score (nSPS) is 13.5. The molecule has 0 aliphatic heterocycles. The summed E-state index contributed by atoms with van der Waals surface area (Å²) in [4.78, 5) is 2.44. The van der Waals surface area contributed by atoms with E-state index in [0.717, 1.165) is 35.5 Å². The van der Waals surface area contributed by atoms with Crippen LogP contribution in [0.2, 0.25) is 0 Å². The molecule has 1 heterocycles. The van der Waals surface area contributed by atoms with Gasteiger partial charge in [-0.3, -0.25) is 0 Å². The van der Waals surface area contributed by atoms with Gasteiger partial charge in [-0.1, -0.05) is 200 Å². The first kappa shape index (κ1) is 40.5. The van der Waals surface area contributed by atoms with Gasteiger partial charge in [0, 0.05) is 33.5 Å². The molecule has 11 aromatic rings. The van der Waals surface area contributed by atoms with Gasteiger partial charge in [0.05, 0.1) is 16.4 Å². The summed E-state index contributed by atoms with van der Waals surface area (Å²) in [6.45, 7) is 0. The van der Waals surface area contributed by atoms with Crippen molar-refractivity contribution < 1.29 is 0 Å². The maximum Gasteiger partial charge on any atom is 0.0714 e. The minimum absolute atomic E-state index is 0.516. The topological polar surface area (TPSA) is 8.17 Å². The van der Waals surface area contributed by atoms with E-state index in [1.807, 2.05) is 0 Å². The Morgan fingerprint density at radius 2 is 0.899 bits per heavy atom. The summed E-state index contributed by atoms with van der Waals surface area (Å²) in [5, 5.41) is 2.54. The molecule has 1 aromatic heterocycles. The van der Waals surface area contributed by atoms with Crippen LogP contribution in [0.1, 0.15) is 35.1 Å². The van der Waals surface area contributed by atoms with Gasteiger partial charge in [0.25, 0.3) is 0 Å². The predicted molar refractivity (Wildman–Crippen MR) is 290 cm³/mol. The first-order valence-electron chi connectivity index (χ1n) is 24.1. The summed E-state index contributed by atoms with van der Waals surface area (Å²) in [6, 6.07) is 91.9. The third-order valence-electron chi connectivity index (χ3n) is 14.5. The largest absolute Gasteiger partial charge is 0.310 e. The van der Waals surface area contributed by atoms with Crippen LogP contribution in [0.5, 0.6) is 0 Å². The van der Waals surface area contributed by atoms with Crippen LogP contribution < -0.4 is 4.90 Å². The van der Waals surface area contributed by atoms with Crippen LogP contribution in [0.3, 0.4) is 0 Å². The second-order valence-corrected chi connectivity index (χ2v) is 18.3. The molecule has 0 atom stereocenters. The third kappa shape index (κ3) is 6.79. The zero-order valence-electron chi connectivity index (χ0n) is 38.2. The number of fused-ring (bicyclic) bond motifs is 6. The lowest BCUT2D eigenvalue weighted by atomic mass is 9.67. The quantitative estimate of drug-likeness (QED) is 0.140. The molecule has 326 valence electrons. The number of para-hydroxylation sites is 1. The van der Waals surface area contributed by atoms with Gasteiger partial charge in [-0.25, -0.2) is 0 Å². The molecule has 69 heavy (non-hydrogen) atoms. The van der Waals surface area contributed by atoms with Crippen molar-refractivity contribution in [2.45, 2.75) is 18.3 Å². The Bertz CT molecular complexity index is 3720. The lowest BCUT2D eigenvalue weighted by Crippen LogP contribution is -2.28. The molecule has 10 aromatic carbocycles. The minimum Gasteiger partial charge on any atom is -0.310 e. The molecule has 2 aliphatic rings. The molecule has 0 saturated carbocycles. The highest BCUT2D eigenvalue weighted by molar-refractivity contribution is 6.11. The molecule has 13 rings (SSSR count). The van der Waals surface area contributed by atoms with Crippen molar-refractivity contribution in [3.05, 3.63) is 289 Å². The molecule has 0 N–H and O–H groups in total. The number of aromatic nitrogens is 1. The fraction of sp³-hybridized carbons (Fsp3) is 0.0448. The minimum atomic E-state index is -0.516. The van der Waals surface area contributed by atoms with Crippen LogP contribution in [-0.4, -0.2) is 4.57 Å². The van der Waals surface area contributed by atoms with Crippen molar-refractivity contribution in [1.29, 1.82) is 0 Å². The van der Waals surface area contributed by atoms with Gasteiger partial charge in [0.2, 0.25) is 0 Å². The van der Waals surface area contributed by atoms with Crippen LogP contribution in [0.25, 0.3) is 72.0 Å². The number of rotatable bonds is 9. The SMILES string of the molecule is C1=CC(n2c3ccccc3c3cc(-c4cccc(-c5cccc(N(c6ccc(-c7ccccc7)cc6)c6ccc7c(c6)C(c6ccccc6)(c6ccccc6)c6ccccc6-7)c5)c4)ccc32)=CCC1. The number of anilines is 3. The number of allylic oxidation sites excluding steroid dienone is 4. The van der Waals surface area contributed by atoms with Gasteiger partial charge in [-0.15, -0.1) is 0 Å². The van der Waals surface area contributed by atoms with Crippen molar-refractivity contribution in [1.82, 2.24) is 4.57 Å². The maximum atomic E-state index is 2.46. The van der Waals surface area contributed by atoms with E-state index in [-0.39, 0.29) is 0 Å². The fourth-order valence-electron chi connectivity index (χ4n) is 11.4. The highest BCUT2D eigenvalue weighted by Gasteiger charge is 2.46. The molecule has 0 radical (unpaired) electrons. The molecule has 0 spiro atoms.